The van der Waals surface area contributed by atoms with E-state index < -0.39 is 16.4 Å². The second kappa shape index (κ2) is 23.4. The van der Waals surface area contributed by atoms with Gasteiger partial charge < -0.3 is 9.66 Å². The molecule has 6 nitrogen and oxygen atoms in total. The van der Waals surface area contributed by atoms with E-state index in [9.17, 15) is 4.79 Å². The van der Waals surface area contributed by atoms with Crippen molar-refractivity contribution in [2.75, 3.05) is 0 Å². The van der Waals surface area contributed by atoms with E-state index in [1.54, 1.807) is 0 Å². The molecule has 0 unspecified atom stereocenters. The largest absolute Gasteiger partial charge is 1.00 e. The minimum absolute atomic E-state index is 0. The first-order valence-electron chi connectivity index (χ1n) is 9.67. The van der Waals surface area contributed by atoms with Gasteiger partial charge in [-0.15, -0.1) is 0 Å². The van der Waals surface area contributed by atoms with Gasteiger partial charge in [0.2, 0.25) is 10.4 Å². The summed E-state index contributed by atoms with van der Waals surface area (Å²) in [6, 6.07) is 0. The van der Waals surface area contributed by atoms with Crippen molar-refractivity contribution in [3.05, 3.63) is 0 Å². The van der Waals surface area contributed by atoms with Gasteiger partial charge in [0.15, 0.2) is 0 Å². The number of carboxylic acids is 1. The van der Waals surface area contributed by atoms with Gasteiger partial charge in [-0.1, -0.05) is 96.8 Å². The van der Waals surface area contributed by atoms with E-state index in [0.717, 1.165) is 12.8 Å². The van der Waals surface area contributed by atoms with Crippen LogP contribution in [0.3, 0.4) is 0 Å². The van der Waals surface area contributed by atoms with Crippen molar-refractivity contribution in [1.29, 1.82) is 0 Å². The molecule has 0 fully saturated rings. The predicted molar refractivity (Wildman–Crippen MR) is 99.5 cm³/mol. The topological polar surface area (TPSA) is 115 Å². The van der Waals surface area contributed by atoms with Crippen LogP contribution in [-0.4, -0.2) is 28.6 Å². The third kappa shape index (κ3) is 44.1. The molecule has 0 saturated heterocycles. The number of hydrogen-bond acceptors (Lipinski definition) is 4. The zero-order valence-corrected chi connectivity index (χ0v) is 19.6. The zero-order valence-electron chi connectivity index (χ0n) is 16.7. The third-order valence-corrected chi connectivity index (χ3v) is 3.99. The fourth-order valence-electron chi connectivity index (χ4n) is 2.65. The molecule has 152 valence electrons. The van der Waals surface area contributed by atoms with Crippen LogP contribution in [0.2, 0.25) is 0 Å². The maximum Gasteiger partial charge on any atom is 1.00 e. The molecular formula is C18H37NaO6S. The smallest absolute Gasteiger partial charge is 0.726 e. The molecule has 0 spiro atoms. The second-order valence-corrected chi connectivity index (χ2v) is 7.38. The monoisotopic (exact) mass is 404 g/mol. The van der Waals surface area contributed by atoms with Crippen molar-refractivity contribution >= 4 is 16.4 Å². The van der Waals surface area contributed by atoms with Crippen LogP contribution >= 0.6 is 0 Å². The van der Waals surface area contributed by atoms with Crippen molar-refractivity contribution in [2.24, 2.45) is 0 Å². The van der Waals surface area contributed by atoms with Crippen molar-refractivity contribution in [3.63, 3.8) is 0 Å². The molecule has 0 aliphatic heterocycles. The van der Waals surface area contributed by atoms with E-state index in [1.807, 2.05) is 0 Å². The summed E-state index contributed by atoms with van der Waals surface area (Å²) >= 11 is 0. The van der Waals surface area contributed by atoms with Gasteiger partial charge in [-0.3, -0.25) is 9.35 Å². The molecule has 0 rings (SSSR count). The van der Waals surface area contributed by atoms with Gasteiger partial charge in [-0.05, 0) is 6.42 Å². The fraction of sp³-hybridized carbons (Fsp3) is 0.944. The number of carboxylic acid groups (broad SMARTS) is 1. The Morgan fingerprint density at radius 1 is 0.731 bits per heavy atom. The Kier molecular flexibility index (Phi) is 27.9. The Bertz CT molecular complexity index is 379. The van der Waals surface area contributed by atoms with E-state index in [0.29, 0.717) is 6.42 Å². The van der Waals surface area contributed by atoms with Gasteiger partial charge in [0.1, 0.15) is 0 Å². The Morgan fingerprint density at radius 2 is 0.962 bits per heavy atom. The normalized spacial score (nSPS) is 10.6. The Labute approximate surface area is 182 Å². The van der Waals surface area contributed by atoms with Crippen molar-refractivity contribution in [3.8, 4) is 0 Å². The Hall–Kier alpha value is 0.340. The maximum absolute atomic E-state index is 10.3. The minimum atomic E-state index is -4.92. The summed E-state index contributed by atoms with van der Waals surface area (Å²) in [5, 5.41) is 8.52. The number of carbonyl (C=O) groups is 1. The molecule has 0 saturated carbocycles. The predicted octanol–water partition coefficient (Wildman–Crippen LogP) is 2.34. The van der Waals surface area contributed by atoms with Gasteiger partial charge in [-0.2, -0.15) is 0 Å². The molecule has 0 bridgehead atoms. The van der Waals surface area contributed by atoms with Crippen LogP contribution in [0.25, 0.3) is 0 Å². The summed E-state index contributed by atoms with van der Waals surface area (Å²) in [6.45, 7) is 2.27. The average Bonchev–Trinajstić information content (AvgIpc) is 2.49. The molecule has 0 radical (unpaired) electrons. The van der Waals surface area contributed by atoms with E-state index in [-0.39, 0.29) is 29.6 Å². The zero-order chi connectivity index (χ0) is 19.4. The molecule has 2 N–H and O–H groups in total. The molecule has 0 aromatic rings. The van der Waals surface area contributed by atoms with Crippen LogP contribution in [-0.2, 0) is 15.2 Å². The van der Waals surface area contributed by atoms with Crippen LogP contribution in [0.5, 0.6) is 0 Å². The van der Waals surface area contributed by atoms with Crippen molar-refractivity contribution in [1.82, 2.24) is 0 Å². The fourth-order valence-corrected chi connectivity index (χ4v) is 2.65. The van der Waals surface area contributed by atoms with Crippen LogP contribution in [0.4, 0.5) is 0 Å². The Morgan fingerprint density at radius 3 is 1.19 bits per heavy atom. The van der Waals surface area contributed by atoms with E-state index in [1.165, 1.54) is 83.5 Å². The number of aliphatic carboxylic acids is 1. The summed E-state index contributed by atoms with van der Waals surface area (Å²) in [5.41, 5.74) is 0. The maximum atomic E-state index is 10.3. The quantitative estimate of drug-likeness (QED) is 0.177. The summed E-state index contributed by atoms with van der Waals surface area (Å²) in [5.74, 6) is -0.653. The van der Waals surface area contributed by atoms with Crippen LogP contribution in [0, 0.1) is 0 Å². The van der Waals surface area contributed by atoms with Crippen molar-refractivity contribution in [2.45, 2.75) is 110 Å². The van der Waals surface area contributed by atoms with Gasteiger partial charge >= 0.3 is 35.5 Å². The van der Waals surface area contributed by atoms with Crippen LogP contribution in [0.1, 0.15) is 110 Å². The number of unbranched alkanes of at least 4 members (excludes halogenated alkanes) is 14. The molecule has 8 heteroatoms. The van der Waals surface area contributed by atoms with Gasteiger partial charge in [0.05, 0.1) is 0 Å². The van der Waals surface area contributed by atoms with Gasteiger partial charge in [0.25, 0.3) is 0 Å². The molecule has 0 aliphatic rings. The molecule has 0 atom stereocenters. The Balaban J connectivity index is -0.000000772. The molecule has 0 amide bonds. The summed E-state index contributed by atoms with van der Waals surface area (Å²) < 4.78 is 32.8. The van der Waals surface area contributed by atoms with Crippen molar-refractivity contribution < 1.29 is 57.0 Å². The molecule has 0 aliphatic carbocycles. The van der Waals surface area contributed by atoms with Crippen LogP contribution in [0.15, 0.2) is 0 Å². The first-order chi connectivity index (χ1) is 11.8. The number of rotatable bonds is 16. The minimum Gasteiger partial charge on any atom is -0.726 e. The second-order valence-electron chi connectivity index (χ2n) is 6.52. The first kappa shape index (κ1) is 31.0. The van der Waals surface area contributed by atoms with Gasteiger partial charge in [0, 0.05) is 6.42 Å². The van der Waals surface area contributed by atoms with E-state index in [2.05, 4.69) is 6.92 Å². The SMILES string of the molecule is CCCCCCCCCCCCCCCCCC(=O)O.O=S(=O)([O-])O.[Na+]. The van der Waals surface area contributed by atoms with Gasteiger partial charge in [-0.25, -0.2) is 8.42 Å². The standard InChI is InChI=1S/C18H36O2.Na.H2O4S/c1-2-3-4-5-6-7-8-9-10-11-12-13-14-15-16-17-18(19)20;;1-5(2,3)4/h2-17H2,1H3,(H,19,20);;(H2,1,2,3,4)/q;+1;/p-1. The molecule has 0 aromatic carbocycles. The first-order valence-corrected chi connectivity index (χ1v) is 11.0. The summed E-state index contributed by atoms with van der Waals surface area (Å²) in [7, 11) is -4.92. The third-order valence-electron chi connectivity index (χ3n) is 3.99. The number of hydrogen-bond donors (Lipinski definition) is 2. The van der Waals surface area contributed by atoms with E-state index in [4.69, 9.17) is 22.6 Å². The van der Waals surface area contributed by atoms with Crippen LogP contribution < -0.4 is 29.6 Å². The molecular weight excluding hydrogens is 367 g/mol. The molecule has 0 heterocycles. The molecule has 0 aromatic heterocycles. The molecule has 26 heavy (non-hydrogen) atoms. The average molecular weight is 405 g/mol. The van der Waals surface area contributed by atoms with E-state index >= 15 is 0 Å². The summed E-state index contributed by atoms with van der Waals surface area (Å²) in [6.07, 6.45) is 20.2. The summed E-state index contributed by atoms with van der Waals surface area (Å²) in [4.78, 5) is 10.3.